The number of imidazole rings is 1. The summed E-state index contributed by atoms with van der Waals surface area (Å²) in [5.41, 5.74) is -0.766. The monoisotopic (exact) mass is 332 g/mol. The van der Waals surface area contributed by atoms with Gasteiger partial charge in [-0.25, -0.2) is 4.98 Å². The van der Waals surface area contributed by atoms with Gasteiger partial charge in [-0.05, 0) is 12.1 Å². The zero-order valence-corrected chi connectivity index (χ0v) is 11.1. The molecule has 2 aromatic rings. The van der Waals surface area contributed by atoms with Crippen molar-refractivity contribution in [3.8, 4) is 5.75 Å². The summed E-state index contributed by atoms with van der Waals surface area (Å²) in [6.07, 6.45) is -9.87. The number of nitrogens with zero attached hydrogens (tertiary/aromatic N) is 2. The Morgan fingerprint density at radius 3 is 2.29 bits per heavy atom. The van der Waals surface area contributed by atoms with Crippen LogP contribution < -0.4 is 4.74 Å². The second kappa shape index (κ2) is 4.97. The molecular weight excluding hydrogens is 326 g/mol. The first-order chi connectivity index (χ1) is 9.54. The van der Waals surface area contributed by atoms with Crippen LogP contribution in [0.5, 0.6) is 5.75 Å². The topological polar surface area (TPSA) is 27.1 Å². The van der Waals surface area contributed by atoms with Crippen molar-refractivity contribution in [2.45, 2.75) is 18.9 Å². The zero-order chi connectivity index (χ0) is 16.0. The van der Waals surface area contributed by atoms with Gasteiger partial charge in [-0.1, -0.05) is 11.6 Å². The van der Waals surface area contributed by atoms with Gasteiger partial charge in [-0.15, -0.1) is 0 Å². The number of aromatic nitrogens is 2. The second-order valence-corrected chi connectivity index (χ2v) is 4.46. The standard InChI is InChI=1S/C11H7ClF6N2O/c1-21-6-3-2-5-8(7(6)12)19-9(11(16,17)18)20(5)4-10(13,14)15/h2-3H,4H2,1H3. The average Bonchev–Trinajstić information content (AvgIpc) is 2.67. The molecule has 21 heavy (non-hydrogen) atoms. The highest BCUT2D eigenvalue weighted by molar-refractivity contribution is 6.36. The molecule has 0 unspecified atom stereocenters. The fraction of sp³-hybridized carbons (Fsp3) is 0.364. The van der Waals surface area contributed by atoms with Crippen molar-refractivity contribution in [1.29, 1.82) is 0 Å². The molecular formula is C11H7ClF6N2O. The second-order valence-electron chi connectivity index (χ2n) is 4.08. The van der Waals surface area contributed by atoms with E-state index >= 15 is 0 Å². The first kappa shape index (κ1) is 15.7. The molecule has 3 nitrogen and oxygen atoms in total. The van der Waals surface area contributed by atoms with Crippen molar-refractivity contribution < 1.29 is 31.1 Å². The van der Waals surface area contributed by atoms with Crippen LogP contribution in [0.15, 0.2) is 12.1 Å². The van der Waals surface area contributed by atoms with Gasteiger partial charge in [0.15, 0.2) is 0 Å². The largest absolute Gasteiger partial charge is 0.495 e. The Morgan fingerprint density at radius 2 is 1.81 bits per heavy atom. The molecule has 10 heteroatoms. The van der Waals surface area contributed by atoms with Crippen LogP contribution in [-0.4, -0.2) is 22.8 Å². The van der Waals surface area contributed by atoms with Crippen molar-refractivity contribution in [2.24, 2.45) is 0 Å². The fourth-order valence-corrected chi connectivity index (χ4v) is 2.13. The highest BCUT2D eigenvalue weighted by Crippen LogP contribution is 2.38. The number of fused-ring (bicyclic) bond motifs is 1. The molecule has 0 aliphatic rings. The molecule has 0 amide bonds. The van der Waals surface area contributed by atoms with Crippen molar-refractivity contribution in [1.82, 2.24) is 9.55 Å². The van der Waals surface area contributed by atoms with Gasteiger partial charge in [0.25, 0.3) is 0 Å². The van der Waals surface area contributed by atoms with Crippen LogP contribution >= 0.6 is 11.6 Å². The molecule has 1 aromatic carbocycles. The molecule has 0 atom stereocenters. The number of hydrogen-bond donors (Lipinski definition) is 0. The lowest BCUT2D eigenvalue weighted by molar-refractivity contribution is -0.160. The molecule has 1 aromatic heterocycles. The van der Waals surface area contributed by atoms with Crippen molar-refractivity contribution in [2.75, 3.05) is 7.11 Å². The van der Waals surface area contributed by atoms with E-state index in [1.54, 1.807) is 0 Å². The van der Waals surface area contributed by atoms with E-state index in [-0.39, 0.29) is 20.9 Å². The van der Waals surface area contributed by atoms with Crippen molar-refractivity contribution in [3.05, 3.63) is 23.0 Å². The van der Waals surface area contributed by atoms with Crippen LogP contribution in [-0.2, 0) is 12.7 Å². The number of ether oxygens (including phenoxy) is 1. The molecule has 2 rings (SSSR count). The molecule has 0 aliphatic heterocycles. The molecule has 0 bridgehead atoms. The Kier molecular flexibility index (Phi) is 3.73. The fourth-order valence-electron chi connectivity index (χ4n) is 1.85. The molecule has 0 spiro atoms. The van der Waals surface area contributed by atoms with E-state index in [0.717, 1.165) is 6.07 Å². The summed E-state index contributed by atoms with van der Waals surface area (Å²) in [6.45, 7) is -1.82. The van der Waals surface area contributed by atoms with Gasteiger partial charge in [-0.2, -0.15) is 26.3 Å². The number of rotatable bonds is 2. The van der Waals surface area contributed by atoms with Crippen LogP contribution in [0.4, 0.5) is 26.3 Å². The molecule has 1 heterocycles. The predicted octanol–water partition coefficient (Wildman–Crippen LogP) is 4.28. The van der Waals surface area contributed by atoms with Crippen molar-refractivity contribution >= 4 is 22.6 Å². The lowest BCUT2D eigenvalue weighted by Gasteiger charge is -2.13. The van der Waals surface area contributed by atoms with E-state index in [2.05, 4.69) is 4.98 Å². The number of halogens is 7. The smallest absolute Gasteiger partial charge is 0.449 e. The zero-order valence-electron chi connectivity index (χ0n) is 10.3. The molecule has 116 valence electrons. The molecule has 0 aliphatic carbocycles. The summed E-state index contributed by atoms with van der Waals surface area (Å²) in [5.74, 6) is -1.64. The Balaban J connectivity index is 2.76. The van der Waals surface area contributed by atoms with Gasteiger partial charge < -0.3 is 9.30 Å². The highest BCUT2D eigenvalue weighted by atomic mass is 35.5. The van der Waals surface area contributed by atoms with Gasteiger partial charge in [0.05, 0.1) is 12.6 Å². The maximum atomic E-state index is 12.9. The van der Waals surface area contributed by atoms with Crippen LogP contribution in [0.1, 0.15) is 5.82 Å². The van der Waals surface area contributed by atoms with Crippen LogP contribution in [0.25, 0.3) is 11.0 Å². The van der Waals surface area contributed by atoms with E-state index in [1.807, 2.05) is 0 Å². The molecule has 0 saturated heterocycles. The SMILES string of the molecule is COc1ccc2c(nc(C(F)(F)F)n2CC(F)(F)F)c1Cl. The number of benzene rings is 1. The van der Waals surface area contributed by atoms with Gasteiger partial charge in [0.2, 0.25) is 5.82 Å². The first-order valence-electron chi connectivity index (χ1n) is 5.41. The minimum Gasteiger partial charge on any atom is -0.495 e. The number of hydrogen-bond acceptors (Lipinski definition) is 2. The van der Waals surface area contributed by atoms with E-state index in [4.69, 9.17) is 16.3 Å². The number of methoxy groups -OCH3 is 1. The minimum atomic E-state index is -5.04. The summed E-state index contributed by atoms with van der Waals surface area (Å²) >= 11 is 5.80. The summed E-state index contributed by atoms with van der Waals surface area (Å²) in [4.78, 5) is 3.20. The predicted molar refractivity (Wildman–Crippen MR) is 62.4 cm³/mol. The van der Waals surface area contributed by atoms with E-state index in [9.17, 15) is 26.3 Å². The minimum absolute atomic E-state index is 0.0227. The summed E-state index contributed by atoms with van der Waals surface area (Å²) < 4.78 is 80.9. The average molecular weight is 333 g/mol. The summed E-state index contributed by atoms with van der Waals surface area (Å²) in [7, 11) is 1.23. The molecule has 0 N–H and O–H groups in total. The lowest BCUT2D eigenvalue weighted by Crippen LogP contribution is -2.23. The van der Waals surface area contributed by atoms with E-state index in [0.29, 0.717) is 0 Å². The quantitative estimate of drug-likeness (QED) is 0.768. The third kappa shape index (κ3) is 3.02. The summed E-state index contributed by atoms with van der Waals surface area (Å²) in [5, 5.41) is -0.276. The van der Waals surface area contributed by atoms with E-state index < -0.39 is 30.2 Å². The maximum absolute atomic E-state index is 12.9. The van der Waals surface area contributed by atoms with Gasteiger partial charge in [0, 0.05) is 0 Å². The van der Waals surface area contributed by atoms with Gasteiger partial charge in [0.1, 0.15) is 22.8 Å². The highest BCUT2D eigenvalue weighted by Gasteiger charge is 2.41. The van der Waals surface area contributed by atoms with Crippen molar-refractivity contribution in [3.63, 3.8) is 0 Å². The van der Waals surface area contributed by atoms with Gasteiger partial charge >= 0.3 is 12.4 Å². The number of alkyl halides is 6. The van der Waals surface area contributed by atoms with Crippen LogP contribution in [0, 0.1) is 0 Å². The third-order valence-corrected chi connectivity index (χ3v) is 3.00. The Morgan fingerprint density at radius 1 is 1.19 bits per heavy atom. The third-order valence-electron chi connectivity index (χ3n) is 2.63. The Labute approximate surface area is 119 Å². The van der Waals surface area contributed by atoms with Crippen LogP contribution in [0.3, 0.4) is 0 Å². The molecule has 0 saturated carbocycles. The Bertz CT molecular complexity index is 676. The molecule has 0 radical (unpaired) electrons. The first-order valence-corrected chi connectivity index (χ1v) is 5.79. The lowest BCUT2D eigenvalue weighted by atomic mass is 10.3. The normalized spacial score (nSPS) is 13.0. The Hall–Kier alpha value is -1.64. The molecule has 0 fully saturated rings. The van der Waals surface area contributed by atoms with Crippen LogP contribution in [0.2, 0.25) is 5.02 Å². The van der Waals surface area contributed by atoms with E-state index in [1.165, 1.54) is 13.2 Å². The maximum Gasteiger partial charge on any atom is 0.449 e. The van der Waals surface area contributed by atoms with Gasteiger partial charge in [-0.3, -0.25) is 0 Å². The summed E-state index contributed by atoms with van der Waals surface area (Å²) in [6, 6.07) is 2.23.